The highest BCUT2D eigenvalue weighted by molar-refractivity contribution is 5.94. The minimum Gasteiger partial charge on any atom is -0.463 e. The van der Waals surface area contributed by atoms with Crippen molar-refractivity contribution >= 4 is 11.9 Å². The third kappa shape index (κ3) is 11.8. The van der Waals surface area contributed by atoms with Gasteiger partial charge in [-0.2, -0.15) is 5.26 Å². The van der Waals surface area contributed by atoms with Gasteiger partial charge in [-0.25, -0.2) is 9.59 Å². The van der Waals surface area contributed by atoms with Crippen molar-refractivity contribution in [2.45, 2.75) is 72.3 Å². The molecule has 0 saturated carbocycles. The summed E-state index contributed by atoms with van der Waals surface area (Å²) in [6.07, 6.45) is 10.3. The van der Waals surface area contributed by atoms with Crippen LogP contribution in [0.2, 0.25) is 0 Å². The van der Waals surface area contributed by atoms with Gasteiger partial charge in [0.25, 0.3) is 0 Å². The molecule has 0 N–H and O–H groups in total. The number of ether oxygens (including phenoxy) is 2. The summed E-state index contributed by atoms with van der Waals surface area (Å²) in [6.45, 7) is 9.61. The number of nitrogens with zero attached hydrogens (tertiary/aromatic N) is 2. The van der Waals surface area contributed by atoms with Crippen LogP contribution in [-0.4, -0.2) is 42.6 Å². The molecule has 0 aliphatic carbocycles. The first-order valence-electron chi connectivity index (χ1n) is 9.90. The molecule has 152 valence electrons. The number of hydrogen-bond acceptors (Lipinski definition) is 6. The number of carbonyl (C=O) groups is 2. The number of carbonyl (C=O) groups excluding carboxylic acids is 2. The van der Waals surface area contributed by atoms with Crippen molar-refractivity contribution in [1.82, 2.24) is 4.90 Å². The van der Waals surface area contributed by atoms with Crippen LogP contribution < -0.4 is 0 Å². The van der Waals surface area contributed by atoms with E-state index in [1.165, 1.54) is 32.3 Å². The summed E-state index contributed by atoms with van der Waals surface area (Å²) in [4.78, 5) is 25.9. The first kappa shape index (κ1) is 24.7. The van der Waals surface area contributed by atoms with Gasteiger partial charge in [0, 0.05) is 13.1 Å². The van der Waals surface area contributed by atoms with Gasteiger partial charge in [0.15, 0.2) is 6.10 Å². The van der Waals surface area contributed by atoms with E-state index < -0.39 is 18.0 Å². The lowest BCUT2D eigenvalue weighted by molar-refractivity contribution is -0.164. The van der Waals surface area contributed by atoms with Gasteiger partial charge in [-0.15, -0.1) is 0 Å². The van der Waals surface area contributed by atoms with Crippen LogP contribution in [0.4, 0.5) is 0 Å². The number of nitriles is 1. The Bertz CT molecular complexity index is 531. The summed E-state index contributed by atoms with van der Waals surface area (Å²) in [5, 5.41) is 9.11. The summed E-state index contributed by atoms with van der Waals surface area (Å²) < 4.78 is 10.2. The summed E-state index contributed by atoms with van der Waals surface area (Å²) in [6, 6.07) is 1.80. The first-order chi connectivity index (χ1) is 13.0. The minimum absolute atomic E-state index is 0.158. The Kier molecular flexibility index (Phi) is 14.6. The van der Waals surface area contributed by atoms with Gasteiger partial charge >= 0.3 is 11.9 Å². The molecule has 0 aliphatic rings. The molecule has 1 atom stereocenters. The van der Waals surface area contributed by atoms with Gasteiger partial charge in [0.05, 0.1) is 6.61 Å². The minimum atomic E-state index is -1.04. The van der Waals surface area contributed by atoms with E-state index in [0.717, 1.165) is 32.4 Å². The highest BCUT2D eigenvalue weighted by Crippen LogP contribution is 2.07. The Balaban J connectivity index is 4.32. The quantitative estimate of drug-likeness (QED) is 0.149. The van der Waals surface area contributed by atoms with E-state index in [1.807, 2.05) is 18.7 Å². The van der Waals surface area contributed by atoms with E-state index in [9.17, 15) is 9.59 Å². The molecule has 0 rings (SSSR count). The van der Waals surface area contributed by atoms with E-state index in [2.05, 4.69) is 6.92 Å². The molecule has 27 heavy (non-hydrogen) atoms. The maximum Gasteiger partial charge on any atom is 0.349 e. The Morgan fingerprint density at radius 1 is 1.07 bits per heavy atom. The summed E-state index contributed by atoms with van der Waals surface area (Å²) in [5.41, 5.74) is -0.158. The molecule has 0 heterocycles. The fourth-order valence-corrected chi connectivity index (χ4v) is 2.29. The van der Waals surface area contributed by atoms with Crippen LogP contribution >= 0.6 is 0 Å². The van der Waals surface area contributed by atoms with Crippen LogP contribution in [0, 0.1) is 11.3 Å². The number of allylic oxidation sites excluding steroid dienone is 2. The van der Waals surface area contributed by atoms with Crippen LogP contribution in [-0.2, 0) is 19.1 Å². The first-order valence-corrected chi connectivity index (χ1v) is 9.90. The number of hydrogen-bond donors (Lipinski definition) is 0. The molecular formula is C21H34N2O4. The number of esters is 2. The fraction of sp³-hybridized carbons (Fsp3) is 0.667. The van der Waals surface area contributed by atoms with E-state index in [4.69, 9.17) is 14.7 Å². The smallest absolute Gasteiger partial charge is 0.349 e. The monoisotopic (exact) mass is 378 g/mol. The van der Waals surface area contributed by atoms with Crippen LogP contribution in [0.25, 0.3) is 0 Å². The van der Waals surface area contributed by atoms with E-state index in [0.29, 0.717) is 6.61 Å². The summed E-state index contributed by atoms with van der Waals surface area (Å²) in [5.74, 6) is -1.42. The Hall–Kier alpha value is -2.29. The van der Waals surface area contributed by atoms with Crippen molar-refractivity contribution in [1.29, 1.82) is 5.26 Å². The third-order valence-corrected chi connectivity index (χ3v) is 4.07. The highest BCUT2D eigenvalue weighted by Gasteiger charge is 2.21. The van der Waals surface area contributed by atoms with Crippen LogP contribution in [0.15, 0.2) is 23.9 Å². The van der Waals surface area contributed by atoms with E-state index in [1.54, 1.807) is 18.3 Å². The van der Waals surface area contributed by atoms with Gasteiger partial charge in [-0.05, 0) is 45.5 Å². The second kappa shape index (κ2) is 15.9. The molecule has 0 spiro atoms. The predicted molar refractivity (Wildman–Crippen MR) is 106 cm³/mol. The summed E-state index contributed by atoms with van der Waals surface area (Å²) >= 11 is 0. The normalized spacial score (nSPS) is 12.5. The van der Waals surface area contributed by atoms with Gasteiger partial charge in [-0.3, -0.25) is 0 Å². The van der Waals surface area contributed by atoms with Crippen molar-refractivity contribution in [3.63, 3.8) is 0 Å². The Labute approximate surface area is 163 Å². The second-order valence-corrected chi connectivity index (χ2v) is 6.24. The maximum atomic E-state index is 12.0. The van der Waals surface area contributed by atoms with Crippen molar-refractivity contribution in [2.75, 3.05) is 19.7 Å². The fourth-order valence-electron chi connectivity index (χ4n) is 2.29. The number of rotatable bonds is 14. The second-order valence-electron chi connectivity index (χ2n) is 6.24. The lowest BCUT2D eigenvalue weighted by Gasteiger charge is -2.14. The molecule has 6 nitrogen and oxygen atoms in total. The van der Waals surface area contributed by atoms with Gasteiger partial charge in [0.1, 0.15) is 11.6 Å². The predicted octanol–water partition coefficient (Wildman–Crippen LogP) is 4.13. The van der Waals surface area contributed by atoms with E-state index >= 15 is 0 Å². The molecule has 0 amide bonds. The van der Waals surface area contributed by atoms with Gasteiger partial charge in [-0.1, -0.05) is 39.0 Å². The number of unbranched alkanes of at least 4 members (excludes halogenated alkanes) is 5. The van der Waals surface area contributed by atoms with Crippen molar-refractivity contribution in [3.05, 3.63) is 23.9 Å². The van der Waals surface area contributed by atoms with Crippen molar-refractivity contribution in [3.8, 4) is 6.07 Å². The third-order valence-electron chi connectivity index (χ3n) is 4.07. The molecule has 0 radical (unpaired) electrons. The van der Waals surface area contributed by atoms with Gasteiger partial charge in [0.2, 0.25) is 0 Å². The molecule has 0 aliphatic heterocycles. The average Bonchev–Trinajstić information content (AvgIpc) is 2.67. The lowest BCUT2D eigenvalue weighted by Crippen LogP contribution is -2.27. The molecule has 6 heteroatoms. The molecule has 0 fully saturated rings. The molecule has 0 aromatic heterocycles. The van der Waals surface area contributed by atoms with E-state index in [-0.39, 0.29) is 5.57 Å². The molecule has 0 bridgehead atoms. The largest absolute Gasteiger partial charge is 0.463 e. The Morgan fingerprint density at radius 3 is 2.30 bits per heavy atom. The van der Waals surface area contributed by atoms with Crippen LogP contribution in [0.1, 0.15) is 66.2 Å². The maximum absolute atomic E-state index is 12.0. The zero-order chi connectivity index (χ0) is 20.5. The van der Waals surface area contributed by atoms with Gasteiger partial charge < -0.3 is 14.4 Å². The van der Waals surface area contributed by atoms with Crippen LogP contribution in [0.5, 0.6) is 0 Å². The summed E-state index contributed by atoms with van der Waals surface area (Å²) in [7, 11) is 0. The zero-order valence-corrected chi connectivity index (χ0v) is 17.2. The molecule has 0 aromatic rings. The zero-order valence-electron chi connectivity index (χ0n) is 17.2. The standard InChI is InChI=1S/C21H34N2O4/c1-5-8-9-10-11-12-16-26-20(24)18(4)27-21(25)19(17-22)14-13-15-23(6-2)7-3/h13-15,18H,5-12,16H2,1-4H3. The molecule has 1 unspecified atom stereocenters. The molecular weight excluding hydrogens is 344 g/mol. The van der Waals surface area contributed by atoms with Crippen LogP contribution in [0.3, 0.4) is 0 Å². The van der Waals surface area contributed by atoms with Crippen molar-refractivity contribution in [2.24, 2.45) is 0 Å². The molecule has 0 saturated heterocycles. The SMILES string of the molecule is CCCCCCCCOC(=O)C(C)OC(=O)C(C#N)=CC=CN(CC)CC. The highest BCUT2D eigenvalue weighted by atomic mass is 16.6. The average molecular weight is 379 g/mol. The topological polar surface area (TPSA) is 79.6 Å². The lowest BCUT2D eigenvalue weighted by atomic mass is 10.1. The van der Waals surface area contributed by atoms with Crippen molar-refractivity contribution < 1.29 is 19.1 Å². The Morgan fingerprint density at radius 2 is 1.70 bits per heavy atom. The molecule has 0 aromatic carbocycles.